The molecule has 0 saturated heterocycles. The van der Waals surface area contributed by atoms with Crippen molar-refractivity contribution in [1.82, 2.24) is 5.06 Å². The summed E-state index contributed by atoms with van der Waals surface area (Å²) in [5.74, 6) is 0.711. The standard InChI is InChI=1S/C16H18N2O3S/c1-11-15(14-5-4-10-22-14)18(20)16(2,17(11)19)12-6-8-13(21-3)9-7-12/h4-11,19H,1-3H3/t11-,16-/m1/s1. The highest BCUT2D eigenvalue weighted by Crippen LogP contribution is 2.37. The van der Waals surface area contributed by atoms with Crippen LogP contribution in [0.2, 0.25) is 0 Å². The minimum atomic E-state index is -1.16. The highest BCUT2D eigenvalue weighted by Gasteiger charge is 2.54. The van der Waals surface area contributed by atoms with Gasteiger partial charge in [0.15, 0.2) is 0 Å². The van der Waals surface area contributed by atoms with Gasteiger partial charge in [-0.1, -0.05) is 6.07 Å². The molecule has 0 bridgehead atoms. The van der Waals surface area contributed by atoms with Crippen molar-refractivity contribution in [2.75, 3.05) is 7.11 Å². The van der Waals surface area contributed by atoms with Crippen molar-refractivity contribution >= 4 is 17.0 Å². The lowest BCUT2D eigenvalue weighted by Gasteiger charge is -2.29. The van der Waals surface area contributed by atoms with Crippen LogP contribution in [-0.2, 0) is 5.66 Å². The van der Waals surface area contributed by atoms with Gasteiger partial charge in [0.05, 0.1) is 12.0 Å². The molecule has 6 heteroatoms. The predicted octanol–water partition coefficient (Wildman–Crippen LogP) is 3.02. The summed E-state index contributed by atoms with van der Waals surface area (Å²) < 4.78 is 6.06. The van der Waals surface area contributed by atoms with Crippen LogP contribution < -0.4 is 4.74 Å². The topological polar surface area (TPSA) is 58.8 Å². The average Bonchev–Trinajstić information content (AvgIpc) is 3.12. The zero-order chi connectivity index (χ0) is 15.9. The fraction of sp³-hybridized carbons (Fsp3) is 0.312. The number of rotatable bonds is 3. The Hall–Kier alpha value is -1.89. The minimum absolute atomic E-state index is 0.386. The maximum atomic E-state index is 13.0. The maximum Gasteiger partial charge on any atom is 0.274 e. The van der Waals surface area contributed by atoms with E-state index in [1.165, 1.54) is 11.3 Å². The molecule has 2 heterocycles. The summed E-state index contributed by atoms with van der Waals surface area (Å²) in [6.07, 6.45) is 0. The Morgan fingerprint density at radius 3 is 2.55 bits per heavy atom. The molecule has 0 radical (unpaired) electrons. The summed E-state index contributed by atoms with van der Waals surface area (Å²) in [6.45, 7) is 3.55. The molecular formula is C16H18N2O3S. The van der Waals surface area contributed by atoms with E-state index in [4.69, 9.17) is 4.74 Å². The van der Waals surface area contributed by atoms with Crippen LogP contribution in [0.4, 0.5) is 0 Å². The van der Waals surface area contributed by atoms with Crippen LogP contribution in [0.5, 0.6) is 5.75 Å². The van der Waals surface area contributed by atoms with Gasteiger partial charge < -0.3 is 15.2 Å². The number of hydrogen-bond acceptors (Lipinski definition) is 5. The lowest BCUT2D eigenvalue weighted by Crippen LogP contribution is -2.45. The highest BCUT2D eigenvalue weighted by atomic mass is 32.1. The maximum absolute atomic E-state index is 13.0. The number of methoxy groups -OCH3 is 1. The minimum Gasteiger partial charge on any atom is -0.622 e. The van der Waals surface area contributed by atoms with Gasteiger partial charge in [-0.3, -0.25) is 0 Å². The third-order valence-corrected chi connectivity index (χ3v) is 5.13. The van der Waals surface area contributed by atoms with Gasteiger partial charge in [-0.25, -0.2) is 0 Å². The fourth-order valence-electron chi connectivity index (χ4n) is 2.88. The van der Waals surface area contributed by atoms with Crippen LogP contribution in [0, 0.1) is 5.21 Å². The van der Waals surface area contributed by atoms with Gasteiger partial charge in [-0.2, -0.15) is 4.74 Å². The number of hydrogen-bond donors (Lipinski definition) is 1. The molecule has 2 atom stereocenters. The van der Waals surface area contributed by atoms with Crippen LogP contribution in [0.15, 0.2) is 41.8 Å². The SMILES string of the molecule is COc1ccc([C@]2(C)N(O)[C@H](C)C(c3cccs3)=[N+]2[O-])cc1. The van der Waals surface area contributed by atoms with E-state index < -0.39 is 5.66 Å². The molecule has 0 amide bonds. The molecule has 5 nitrogen and oxygen atoms in total. The van der Waals surface area contributed by atoms with Crippen molar-refractivity contribution < 1.29 is 14.7 Å². The monoisotopic (exact) mass is 318 g/mol. The molecule has 0 saturated carbocycles. The predicted molar refractivity (Wildman–Crippen MR) is 85.5 cm³/mol. The van der Waals surface area contributed by atoms with Crippen molar-refractivity contribution in [2.24, 2.45) is 0 Å². The molecule has 1 N–H and O–H groups in total. The van der Waals surface area contributed by atoms with Gasteiger partial charge in [0.1, 0.15) is 11.8 Å². The summed E-state index contributed by atoms with van der Waals surface area (Å²) in [5, 5.41) is 26.6. The fourth-order valence-corrected chi connectivity index (χ4v) is 3.71. The Kier molecular flexibility index (Phi) is 3.68. The lowest BCUT2D eigenvalue weighted by molar-refractivity contribution is -0.595. The van der Waals surface area contributed by atoms with Crippen LogP contribution >= 0.6 is 11.3 Å². The molecule has 1 aromatic carbocycles. The number of benzene rings is 1. The van der Waals surface area contributed by atoms with E-state index in [2.05, 4.69) is 0 Å². The van der Waals surface area contributed by atoms with Crippen molar-refractivity contribution in [3.05, 3.63) is 57.4 Å². The van der Waals surface area contributed by atoms with Crippen LogP contribution in [0.1, 0.15) is 24.3 Å². The molecule has 0 spiro atoms. The molecule has 116 valence electrons. The summed E-state index contributed by atoms with van der Waals surface area (Å²) in [5.41, 5.74) is 0.130. The van der Waals surface area contributed by atoms with Crippen LogP contribution in [0.3, 0.4) is 0 Å². The van der Waals surface area contributed by atoms with E-state index in [0.717, 1.165) is 14.7 Å². The summed E-state index contributed by atoms with van der Waals surface area (Å²) in [4.78, 5) is 0.874. The van der Waals surface area contributed by atoms with E-state index in [1.54, 1.807) is 38.3 Å². The van der Waals surface area contributed by atoms with Gasteiger partial charge >= 0.3 is 0 Å². The third kappa shape index (κ3) is 2.03. The second-order valence-electron chi connectivity index (χ2n) is 5.43. The molecular weight excluding hydrogens is 300 g/mol. The first-order chi connectivity index (χ1) is 10.5. The quantitative estimate of drug-likeness (QED) is 0.698. The van der Waals surface area contributed by atoms with E-state index in [0.29, 0.717) is 17.0 Å². The Bertz CT molecular complexity index is 697. The Morgan fingerprint density at radius 1 is 1.32 bits per heavy atom. The summed E-state index contributed by atoms with van der Waals surface area (Å²) in [6, 6.07) is 10.6. The van der Waals surface area contributed by atoms with Gasteiger partial charge in [0.2, 0.25) is 5.71 Å². The summed E-state index contributed by atoms with van der Waals surface area (Å²) >= 11 is 1.50. The van der Waals surface area contributed by atoms with E-state index in [-0.39, 0.29) is 6.04 Å². The molecule has 3 rings (SSSR count). The zero-order valence-electron chi connectivity index (χ0n) is 12.7. The Morgan fingerprint density at radius 2 is 2.00 bits per heavy atom. The van der Waals surface area contributed by atoms with Gasteiger partial charge in [-0.15, -0.1) is 16.4 Å². The Balaban J connectivity index is 2.11. The molecule has 0 unspecified atom stereocenters. The smallest absolute Gasteiger partial charge is 0.274 e. The second-order valence-corrected chi connectivity index (χ2v) is 6.37. The zero-order valence-corrected chi connectivity index (χ0v) is 13.5. The highest BCUT2D eigenvalue weighted by molar-refractivity contribution is 7.12. The van der Waals surface area contributed by atoms with Gasteiger partial charge in [0.25, 0.3) is 5.66 Å². The largest absolute Gasteiger partial charge is 0.622 e. The second kappa shape index (κ2) is 5.39. The van der Waals surface area contributed by atoms with Crippen molar-refractivity contribution in [3.63, 3.8) is 0 Å². The van der Waals surface area contributed by atoms with Gasteiger partial charge in [-0.05, 0) is 42.6 Å². The molecule has 1 aliphatic heterocycles. The van der Waals surface area contributed by atoms with Gasteiger partial charge in [0, 0.05) is 12.5 Å². The molecule has 2 aromatic rings. The van der Waals surface area contributed by atoms with Crippen molar-refractivity contribution in [3.8, 4) is 5.75 Å². The molecule has 0 fully saturated rings. The summed E-state index contributed by atoms with van der Waals surface area (Å²) in [7, 11) is 1.59. The van der Waals surface area contributed by atoms with Crippen LogP contribution in [-0.4, -0.2) is 33.9 Å². The number of thiophene rings is 1. The number of nitrogens with zero attached hydrogens (tertiary/aromatic N) is 2. The normalized spacial score (nSPS) is 25.7. The number of ether oxygens (including phenoxy) is 1. The van der Waals surface area contributed by atoms with E-state index in [9.17, 15) is 10.4 Å². The van der Waals surface area contributed by atoms with Crippen molar-refractivity contribution in [2.45, 2.75) is 25.6 Å². The number of hydroxylamine groups is 3. The third-order valence-electron chi connectivity index (χ3n) is 4.23. The van der Waals surface area contributed by atoms with E-state index in [1.807, 2.05) is 24.4 Å². The molecule has 0 aliphatic carbocycles. The van der Waals surface area contributed by atoms with Crippen molar-refractivity contribution in [1.29, 1.82) is 0 Å². The average molecular weight is 318 g/mol. The Labute approximate surface area is 133 Å². The molecule has 1 aromatic heterocycles. The van der Waals surface area contributed by atoms with Crippen LogP contribution in [0.25, 0.3) is 0 Å². The first-order valence-corrected chi connectivity index (χ1v) is 7.89. The first-order valence-electron chi connectivity index (χ1n) is 7.01. The van der Waals surface area contributed by atoms with E-state index >= 15 is 0 Å². The first kappa shape index (κ1) is 15.0. The lowest BCUT2D eigenvalue weighted by atomic mass is 10.0. The molecule has 22 heavy (non-hydrogen) atoms. The molecule has 1 aliphatic rings.